The molecule has 0 spiro atoms. The number of hydrogen-bond acceptors (Lipinski definition) is 7. The van der Waals surface area contributed by atoms with Crippen LogP contribution in [0.4, 0.5) is 11.5 Å². The molecule has 5 rings (SSSR count). The predicted octanol–water partition coefficient (Wildman–Crippen LogP) is 4.21. The van der Waals surface area contributed by atoms with Gasteiger partial charge in [-0.25, -0.2) is 9.97 Å². The summed E-state index contributed by atoms with van der Waals surface area (Å²) in [5.41, 5.74) is 4.87. The second-order valence-corrected chi connectivity index (χ2v) is 9.41. The van der Waals surface area contributed by atoms with Crippen molar-refractivity contribution in [1.82, 2.24) is 24.8 Å². The van der Waals surface area contributed by atoms with Gasteiger partial charge in [-0.15, -0.1) is 0 Å². The van der Waals surface area contributed by atoms with Crippen LogP contribution in [0.3, 0.4) is 0 Å². The number of aromatic nitrogens is 4. The number of ether oxygens (including phenoxy) is 1. The van der Waals surface area contributed by atoms with Crippen LogP contribution >= 0.6 is 0 Å². The number of nitrogens with one attached hydrogen (secondary N) is 1. The molecule has 8 nitrogen and oxygen atoms in total. The maximum absolute atomic E-state index is 12.2. The van der Waals surface area contributed by atoms with Crippen molar-refractivity contribution in [3.8, 4) is 11.3 Å². The summed E-state index contributed by atoms with van der Waals surface area (Å²) in [6.07, 6.45) is 9.23. The highest BCUT2D eigenvalue weighted by Gasteiger charge is 2.30. The number of anilines is 2. The van der Waals surface area contributed by atoms with E-state index in [1.54, 1.807) is 13.1 Å². The largest absolute Gasteiger partial charge is 0.380 e. The number of rotatable bonds is 5. The van der Waals surface area contributed by atoms with Crippen molar-refractivity contribution < 1.29 is 9.53 Å². The molecule has 3 aromatic heterocycles. The van der Waals surface area contributed by atoms with Crippen molar-refractivity contribution in [2.24, 2.45) is 0 Å². The molecule has 2 atom stereocenters. The van der Waals surface area contributed by atoms with Crippen molar-refractivity contribution in [3.63, 3.8) is 0 Å². The Balaban J connectivity index is 1.52. The van der Waals surface area contributed by atoms with Gasteiger partial charge in [0.05, 0.1) is 30.8 Å². The fourth-order valence-corrected chi connectivity index (χ4v) is 4.64. The SMILES string of the molecule is CC(=O)N1C[C@H](c2nc(Nc3cncc(C)c3)cc(-c3cncc(C4COC4)c3)n2)CC[C@@H]1C. The highest BCUT2D eigenvalue weighted by atomic mass is 16.5. The van der Waals surface area contributed by atoms with Gasteiger partial charge < -0.3 is 15.0 Å². The summed E-state index contributed by atoms with van der Waals surface area (Å²) in [5.74, 6) is 2.01. The van der Waals surface area contributed by atoms with Crippen molar-refractivity contribution in [3.05, 3.63) is 59.9 Å². The lowest BCUT2D eigenvalue weighted by atomic mass is 9.92. The standard InChI is InChI=1S/C26H30N6O2/c1-16-6-23(12-27-9-16)29-25-8-24(21-7-20(10-28-11-21)22-14-34-15-22)30-26(31-25)19-5-4-17(2)32(13-19)18(3)33/h6-12,17,19,22H,4-5,13-15H2,1-3H3,(H,29,30,31)/t17-,19+/m0/s1. The Kier molecular flexibility index (Phi) is 6.24. The minimum atomic E-state index is 0.0763. The van der Waals surface area contributed by atoms with Gasteiger partial charge in [0.2, 0.25) is 5.91 Å². The van der Waals surface area contributed by atoms with Crippen LogP contribution in [0.5, 0.6) is 0 Å². The molecule has 2 aliphatic rings. The lowest BCUT2D eigenvalue weighted by Crippen LogP contribution is -2.44. The van der Waals surface area contributed by atoms with E-state index in [2.05, 4.69) is 28.3 Å². The molecule has 5 heterocycles. The second kappa shape index (κ2) is 9.46. The molecule has 2 saturated heterocycles. The summed E-state index contributed by atoms with van der Waals surface area (Å²) < 4.78 is 5.36. The Hall–Kier alpha value is -3.39. The lowest BCUT2D eigenvalue weighted by Gasteiger charge is -2.37. The molecule has 0 aliphatic carbocycles. The zero-order valence-electron chi connectivity index (χ0n) is 19.9. The van der Waals surface area contributed by atoms with Gasteiger partial charge in [-0.05, 0) is 49.9 Å². The smallest absolute Gasteiger partial charge is 0.219 e. The molecule has 2 fully saturated rings. The van der Waals surface area contributed by atoms with Crippen LogP contribution in [0.1, 0.15) is 55.5 Å². The Morgan fingerprint density at radius 2 is 1.85 bits per heavy atom. The summed E-state index contributed by atoms with van der Waals surface area (Å²) >= 11 is 0. The summed E-state index contributed by atoms with van der Waals surface area (Å²) in [7, 11) is 0. The first-order chi connectivity index (χ1) is 16.5. The quantitative estimate of drug-likeness (QED) is 0.612. The van der Waals surface area contributed by atoms with E-state index >= 15 is 0 Å². The molecular weight excluding hydrogens is 428 g/mol. The first-order valence-electron chi connectivity index (χ1n) is 11.8. The van der Waals surface area contributed by atoms with Gasteiger partial charge in [0.1, 0.15) is 11.6 Å². The molecule has 3 aromatic rings. The van der Waals surface area contributed by atoms with Gasteiger partial charge >= 0.3 is 0 Å². The average Bonchev–Trinajstić information content (AvgIpc) is 2.78. The first kappa shape index (κ1) is 22.4. The minimum Gasteiger partial charge on any atom is -0.380 e. The maximum Gasteiger partial charge on any atom is 0.219 e. The molecule has 0 radical (unpaired) electrons. The Bertz CT molecular complexity index is 1200. The topological polar surface area (TPSA) is 93.1 Å². The van der Waals surface area contributed by atoms with Crippen LogP contribution < -0.4 is 5.32 Å². The summed E-state index contributed by atoms with van der Waals surface area (Å²) in [6.45, 7) is 7.84. The number of carbonyl (C=O) groups is 1. The first-order valence-corrected chi connectivity index (χ1v) is 11.8. The summed E-state index contributed by atoms with van der Waals surface area (Å²) in [4.78, 5) is 32.7. The molecule has 8 heteroatoms. The summed E-state index contributed by atoms with van der Waals surface area (Å²) in [6, 6.07) is 6.37. The Labute approximate surface area is 199 Å². The van der Waals surface area contributed by atoms with Crippen LogP contribution in [0.15, 0.2) is 43.0 Å². The Morgan fingerprint density at radius 3 is 2.59 bits per heavy atom. The molecule has 1 N–H and O–H groups in total. The average molecular weight is 459 g/mol. The molecule has 0 aromatic carbocycles. The van der Waals surface area contributed by atoms with Crippen molar-refractivity contribution in [2.75, 3.05) is 25.1 Å². The van der Waals surface area contributed by atoms with E-state index in [1.807, 2.05) is 42.5 Å². The molecule has 34 heavy (non-hydrogen) atoms. The van der Waals surface area contributed by atoms with E-state index in [9.17, 15) is 4.79 Å². The van der Waals surface area contributed by atoms with Crippen molar-refractivity contribution >= 4 is 17.4 Å². The van der Waals surface area contributed by atoms with Gasteiger partial charge in [0.15, 0.2) is 0 Å². The highest BCUT2D eigenvalue weighted by Crippen LogP contribution is 2.32. The van der Waals surface area contributed by atoms with Crippen LogP contribution in [0.2, 0.25) is 0 Å². The lowest BCUT2D eigenvalue weighted by molar-refractivity contribution is -0.132. The number of aryl methyl sites for hydroxylation is 1. The molecule has 0 unspecified atom stereocenters. The number of likely N-dealkylation sites (tertiary alicyclic amines) is 1. The van der Waals surface area contributed by atoms with Gasteiger partial charge in [0.25, 0.3) is 0 Å². The van der Waals surface area contributed by atoms with E-state index in [-0.39, 0.29) is 17.9 Å². The maximum atomic E-state index is 12.2. The number of hydrogen-bond donors (Lipinski definition) is 1. The fourth-order valence-electron chi connectivity index (χ4n) is 4.64. The van der Waals surface area contributed by atoms with E-state index in [0.717, 1.165) is 60.0 Å². The number of nitrogens with zero attached hydrogens (tertiary/aromatic N) is 5. The van der Waals surface area contributed by atoms with Crippen molar-refractivity contribution in [1.29, 1.82) is 0 Å². The van der Waals surface area contributed by atoms with Gasteiger partial charge in [-0.2, -0.15) is 0 Å². The normalized spacial score (nSPS) is 20.6. The second-order valence-electron chi connectivity index (χ2n) is 9.41. The fraction of sp³-hybridized carbons (Fsp3) is 0.423. The molecule has 1 amide bonds. The number of piperidine rings is 1. The van der Waals surface area contributed by atoms with Crippen LogP contribution in [-0.4, -0.2) is 56.5 Å². The number of carbonyl (C=O) groups excluding carboxylic acids is 1. The molecule has 2 aliphatic heterocycles. The van der Waals surface area contributed by atoms with E-state index < -0.39 is 0 Å². The Morgan fingerprint density at radius 1 is 1.03 bits per heavy atom. The monoisotopic (exact) mass is 458 g/mol. The summed E-state index contributed by atoms with van der Waals surface area (Å²) in [5, 5.41) is 3.40. The van der Waals surface area contributed by atoms with Crippen LogP contribution in [-0.2, 0) is 9.53 Å². The minimum absolute atomic E-state index is 0.0763. The van der Waals surface area contributed by atoms with Crippen LogP contribution in [0, 0.1) is 6.92 Å². The van der Waals surface area contributed by atoms with Gasteiger partial charge in [-0.1, -0.05) is 0 Å². The molecular formula is C26H30N6O2. The van der Waals surface area contributed by atoms with Gasteiger partial charge in [0, 0.05) is 61.6 Å². The number of amides is 1. The molecule has 0 bridgehead atoms. The van der Waals surface area contributed by atoms with Crippen LogP contribution in [0.25, 0.3) is 11.3 Å². The van der Waals surface area contributed by atoms with E-state index in [1.165, 1.54) is 0 Å². The third-order valence-corrected chi connectivity index (χ3v) is 6.71. The molecule has 176 valence electrons. The molecule has 0 saturated carbocycles. The van der Waals surface area contributed by atoms with Gasteiger partial charge in [-0.3, -0.25) is 14.8 Å². The number of pyridine rings is 2. The van der Waals surface area contributed by atoms with Crippen molar-refractivity contribution in [2.45, 2.75) is 51.5 Å². The highest BCUT2D eigenvalue weighted by molar-refractivity contribution is 5.74. The third-order valence-electron chi connectivity index (χ3n) is 6.71. The zero-order valence-corrected chi connectivity index (χ0v) is 19.9. The predicted molar refractivity (Wildman–Crippen MR) is 130 cm³/mol. The zero-order chi connectivity index (χ0) is 23.7. The van der Waals surface area contributed by atoms with E-state index in [4.69, 9.17) is 14.7 Å². The third kappa shape index (κ3) is 4.77. The van der Waals surface area contributed by atoms with E-state index in [0.29, 0.717) is 18.3 Å².